The average Bonchev–Trinajstić information content (AvgIpc) is 2.17. The largest absolute Gasteiger partial charge is 0.393 e. The second-order valence-corrected chi connectivity index (χ2v) is 3.51. The number of hydrogen-bond acceptors (Lipinski definition) is 3. The normalized spacial score (nSPS) is 25.2. The first-order chi connectivity index (χ1) is 6.75. The van der Waals surface area contributed by atoms with Crippen LogP contribution in [0, 0.1) is 0 Å². The van der Waals surface area contributed by atoms with E-state index in [4.69, 9.17) is 5.11 Å². The molecule has 1 aliphatic carbocycles. The second kappa shape index (κ2) is 3.75. The van der Waals surface area contributed by atoms with Crippen LogP contribution in [0.3, 0.4) is 0 Å². The van der Waals surface area contributed by atoms with Gasteiger partial charge in [-0.3, -0.25) is 9.78 Å². The van der Waals surface area contributed by atoms with Gasteiger partial charge in [-0.25, -0.2) is 0 Å². The maximum absolute atomic E-state index is 11.5. The number of pyridine rings is 1. The van der Waals surface area contributed by atoms with E-state index in [9.17, 15) is 4.79 Å². The number of aliphatic hydroxyl groups is 1. The molecule has 1 aliphatic rings. The van der Waals surface area contributed by atoms with E-state index in [1.54, 1.807) is 24.4 Å². The molecule has 1 fully saturated rings. The van der Waals surface area contributed by atoms with E-state index in [0.717, 1.165) is 0 Å². The zero-order valence-corrected chi connectivity index (χ0v) is 7.68. The number of nitrogens with one attached hydrogen (secondary N) is 1. The highest BCUT2D eigenvalue weighted by atomic mass is 16.3. The minimum atomic E-state index is -0.246. The van der Waals surface area contributed by atoms with Crippen LogP contribution in [-0.4, -0.2) is 28.1 Å². The van der Waals surface area contributed by atoms with Crippen molar-refractivity contribution in [2.75, 3.05) is 0 Å². The number of carbonyl (C=O) groups is 1. The van der Waals surface area contributed by atoms with Crippen molar-refractivity contribution < 1.29 is 9.90 Å². The van der Waals surface area contributed by atoms with Gasteiger partial charge in [-0.05, 0) is 25.0 Å². The fraction of sp³-hybridized carbons (Fsp3) is 0.400. The van der Waals surface area contributed by atoms with Gasteiger partial charge in [0.2, 0.25) is 0 Å². The van der Waals surface area contributed by atoms with Gasteiger partial charge in [0.1, 0.15) is 5.69 Å². The van der Waals surface area contributed by atoms with Crippen LogP contribution in [0.1, 0.15) is 23.3 Å². The van der Waals surface area contributed by atoms with Crippen LogP contribution in [-0.2, 0) is 0 Å². The van der Waals surface area contributed by atoms with Gasteiger partial charge >= 0.3 is 0 Å². The summed E-state index contributed by atoms with van der Waals surface area (Å²) in [6, 6.07) is 5.32. The zero-order valence-electron chi connectivity index (χ0n) is 7.68. The zero-order chi connectivity index (χ0) is 9.97. The highest BCUT2D eigenvalue weighted by Gasteiger charge is 2.28. The topological polar surface area (TPSA) is 62.2 Å². The third kappa shape index (κ3) is 1.90. The minimum Gasteiger partial charge on any atom is -0.393 e. The van der Waals surface area contributed by atoms with E-state index < -0.39 is 0 Å². The van der Waals surface area contributed by atoms with Gasteiger partial charge < -0.3 is 10.4 Å². The Morgan fingerprint density at radius 1 is 1.50 bits per heavy atom. The van der Waals surface area contributed by atoms with Gasteiger partial charge in [0, 0.05) is 12.2 Å². The first-order valence-corrected chi connectivity index (χ1v) is 4.65. The van der Waals surface area contributed by atoms with Crippen molar-refractivity contribution in [1.29, 1.82) is 0 Å². The van der Waals surface area contributed by atoms with Gasteiger partial charge in [0.05, 0.1) is 6.10 Å². The minimum absolute atomic E-state index is 0.111. The predicted molar refractivity (Wildman–Crippen MR) is 50.7 cm³/mol. The molecule has 1 saturated carbocycles. The van der Waals surface area contributed by atoms with E-state index in [0.29, 0.717) is 18.5 Å². The van der Waals surface area contributed by atoms with Gasteiger partial charge in [-0.1, -0.05) is 6.07 Å². The number of hydrogen-bond donors (Lipinski definition) is 2. The van der Waals surface area contributed by atoms with Crippen LogP contribution in [0.2, 0.25) is 0 Å². The standard InChI is InChI=1S/C10H12N2O2/c13-8-5-7(6-8)12-10(14)9-3-1-2-4-11-9/h1-4,7-8,13H,5-6H2,(H,12,14). The van der Waals surface area contributed by atoms with Crippen molar-refractivity contribution in [3.8, 4) is 0 Å². The molecule has 1 amide bonds. The summed E-state index contributed by atoms with van der Waals surface area (Å²) in [5.74, 6) is -0.164. The third-order valence-corrected chi connectivity index (χ3v) is 2.35. The molecule has 1 heterocycles. The highest BCUT2D eigenvalue weighted by Crippen LogP contribution is 2.19. The Morgan fingerprint density at radius 3 is 2.86 bits per heavy atom. The molecule has 0 spiro atoms. The summed E-state index contributed by atoms with van der Waals surface area (Å²) in [6.07, 6.45) is 2.64. The number of aromatic nitrogens is 1. The van der Waals surface area contributed by atoms with Gasteiger partial charge in [-0.15, -0.1) is 0 Å². The van der Waals surface area contributed by atoms with E-state index in [1.165, 1.54) is 0 Å². The van der Waals surface area contributed by atoms with Crippen LogP contribution < -0.4 is 5.32 Å². The van der Waals surface area contributed by atoms with Gasteiger partial charge in [-0.2, -0.15) is 0 Å². The maximum atomic E-state index is 11.5. The summed E-state index contributed by atoms with van der Waals surface area (Å²) in [6.45, 7) is 0. The molecule has 1 aromatic heterocycles. The Hall–Kier alpha value is -1.42. The second-order valence-electron chi connectivity index (χ2n) is 3.51. The lowest BCUT2D eigenvalue weighted by molar-refractivity contribution is 0.0560. The predicted octanol–water partition coefficient (Wildman–Crippen LogP) is 0.335. The Balaban J connectivity index is 1.90. The van der Waals surface area contributed by atoms with Crippen molar-refractivity contribution in [2.45, 2.75) is 25.0 Å². The fourth-order valence-corrected chi connectivity index (χ4v) is 1.46. The van der Waals surface area contributed by atoms with Gasteiger partial charge in [0.25, 0.3) is 5.91 Å². The number of aliphatic hydroxyl groups excluding tert-OH is 1. The third-order valence-electron chi connectivity index (χ3n) is 2.35. The molecular weight excluding hydrogens is 180 g/mol. The van der Waals surface area contributed by atoms with Crippen molar-refractivity contribution in [3.05, 3.63) is 30.1 Å². The molecule has 2 rings (SSSR count). The molecular formula is C10H12N2O2. The lowest BCUT2D eigenvalue weighted by atomic mass is 9.89. The lowest BCUT2D eigenvalue weighted by Gasteiger charge is -2.31. The summed E-state index contributed by atoms with van der Waals surface area (Å²) in [5.41, 5.74) is 0.425. The molecule has 0 bridgehead atoms. The van der Waals surface area contributed by atoms with E-state index >= 15 is 0 Å². The molecule has 0 aliphatic heterocycles. The van der Waals surface area contributed by atoms with E-state index in [1.807, 2.05) is 0 Å². The van der Waals surface area contributed by atoms with Crippen LogP contribution in [0.5, 0.6) is 0 Å². The van der Waals surface area contributed by atoms with E-state index in [-0.39, 0.29) is 18.1 Å². The summed E-state index contributed by atoms with van der Waals surface area (Å²) in [5, 5.41) is 11.8. The molecule has 0 unspecified atom stereocenters. The van der Waals surface area contributed by atoms with Gasteiger partial charge in [0.15, 0.2) is 0 Å². The molecule has 2 N–H and O–H groups in total. The van der Waals surface area contributed by atoms with Crippen LogP contribution in [0.15, 0.2) is 24.4 Å². The monoisotopic (exact) mass is 192 g/mol. The van der Waals surface area contributed by atoms with Crippen molar-refractivity contribution in [1.82, 2.24) is 10.3 Å². The number of nitrogens with zero attached hydrogens (tertiary/aromatic N) is 1. The Bertz CT molecular complexity index is 320. The van der Waals surface area contributed by atoms with Crippen LogP contribution >= 0.6 is 0 Å². The molecule has 1 aromatic rings. The van der Waals surface area contributed by atoms with E-state index in [2.05, 4.69) is 10.3 Å². The first kappa shape index (κ1) is 9.15. The Kier molecular flexibility index (Phi) is 2.45. The Labute approximate surface area is 82.0 Å². The van der Waals surface area contributed by atoms with Crippen molar-refractivity contribution in [2.24, 2.45) is 0 Å². The number of rotatable bonds is 2. The summed E-state index contributed by atoms with van der Waals surface area (Å²) in [7, 11) is 0. The highest BCUT2D eigenvalue weighted by molar-refractivity contribution is 5.92. The lowest BCUT2D eigenvalue weighted by Crippen LogP contribution is -2.46. The SMILES string of the molecule is O=C(NC1CC(O)C1)c1ccccn1. The van der Waals surface area contributed by atoms with Crippen molar-refractivity contribution >= 4 is 5.91 Å². The maximum Gasteiger partial charge on any atom is 0.270 e. The molecule has 0 saturated heterocycles. The Morgan fingerprint density at radius 2 is 2.29 bits per heavy atom. The summed E-state index contributed by atoms with van der Waals surface area (Å²) in [4.78, 5) is 15.4. The van der Waals surface area contributed by atoms with Crippen LogP contribution in [0.25, 0.3) is 0 Å². The molecule has 4 nitrogen and oxygen atoms in total. The molecule has 0 radical (unpaired) electrons. The molecule has 0 aromatic carbocycles. The molecule has 4 heteroatoms. The van der Waals surface area contributed by atoms with Crippen molar-refractivity contribution in [3.63, 3.8) is 0 Å². The molecule has 0 atom stereocenters. The average molecular weight is 192 g/mol. The fourth-order valence-electron chi connectivity index (χ4n) is 1.46. The molecule has 74 valence electrons. The number of amides is 1. The number of carbonyl (C=O) groups excluding carboxylic acids is 1. The smallest absolute Gasteiger partial charge is 0.270 e. The molecule has 14 heavy (non-hydrogen) atoms. The quantitative estimate of drug-likeness (QED) is 0.710. The first-order valence-electron chi connectivity index (χ1n) is 4.65. The van der Waals surface area contributed by atoms with Crippen LogP contribution in [0.4, 0.5) is 0 Å². The summed E-state index contributed by atoms with van der Waals surface area (Å²) < 4.78 is 0. The summed E-state index contributed by atoms with van der Waals surface area (Å²) >= 11 is 0.